The van der Waals surface area contributed by atoms with Gasteiger partial charge in [-0.05, 0) is 36.3 Å². The Kier molecular flexibility index (Phi) is 6.84. The normalized spacial score (nSPS) is 10.5. The van der Waals surface area contributed by atoms with Crippen LogP contribution in [0, 0.1) is 0 Å². The van der Waals surface area contributed by atoms with Gasteiger partial charge in [-0.15, -0.1) is 0 Å². The van der Waals surface area contributed by atoms with E-state index in [1.807, 2.05) is 54.6 Å². The molecule has 0 aliphatic heterocycles. The maximum absolute atomic E-state index is 11.3. The van der Waals surface area contributed by atoms with Crippen LogP contribution in [0.5, 0.6) is 11.5 Å². The number of hydrogen-bond acceptors (Lipinski definition) is 4. The quantitative estimate of drug-likeness (QED) is 0.528. The fraction of sp³-hybridized carbons (Fsp3) is 0.190. The molecule has 0 saturated carbocycles. The topological polar surface area (TPSA) is 44.8 Å². The summed E-state index contributed by atoms with van der Waals surface area (Å²) in [5, 5.41) is 0. The van der Waals surface area contributed by atoms with E-state index >= 15 is 0 Å². The van der Waals surface area contributed by atoms with Crippen LogP contribution in [-0.2, 0) is 16.1 Å². The van der Waals surface area contributed by atoms with Crippen LogP contribution in [0.1, 0.15) is 18.1 Å². The van der Waals surface area contributed by atoms with Crippen molar-refractivity contribution in [2.45, 2.75) is 13.5 Å². The number of ether oxygens (including phenoxy) is 3. The van der Waals surface area contributed by atoms with Gasteiger partial charge >= 0.3 is 5.97 Å². The predicted molar refractivity (Wildman–Crippen MR) is 98.6 cm³/mol. The van der Waals surface area contributed by atoms with Gasteiger partial charge in [0.1, 0.15) is 13.2 Å². The number of esters is 1. The Morgan fingerprint density at radius 3 is 2.56 bits per heavy atom. The Balaban J connectivity index is 1.96. The molecular formula is C21H22O4. The molecule has 4 heteroatoms. The van der Waals surface area contributed by atoms with E-state index in [1.54, 1.807) is 20.1 Å². The minimum atomic E-state index is -0.396. The van der Waals surface area contributed by atoms with Crippen LogP contribution < -0.4 is 9.47 Å². The van der Waals surface area contributed by atoms with E-state index in [9.17, 15) is 4.79 Å². The van der Waals surface area contributed by atoms with Crippen molar-refractivity contribution in [3.8, 4) is 11.5 Å². The van der Waals surface area contributed by atoms with Gasteiger partial charge in [0.2, 0.25) is 0 Å². The molecule has 130 valence electrons. The van der Waals surface area contributed by atoms with E-state index in [2.05, 4.69) is 6.58 Å². The lowest BCUT2D eigenvalue weighted by molar-refractivity contribution is -0.137. The zero-order valence-corrected chi connectivity index (χ0v) is 14.5. The van der Waals surface area contributed by atoms with Crippen LogP contribution in [0.15, 0.2) is 66.8 Å². The van der Waals surface area contributed by atoms with Crippen LogP contribution >= 0.6 is 0 Å². The highest BCUT2D eigenvalue weighted by atomic mass is 16.5. The molecule has 0 saturated heterocycles. The number of rotatable bonds is 8. The number of hydrogen-bond donors (Lipinski definition) is 0. The van der Waals surface area contributed by atoms with Crippen molar-refractivity contribution in [1.29, 1.82) is 0 Å². The Hall–Kier alpha value is -3.01. The van der Waals surface area contributed by atoms with Crippen molar-refractivity contribution in [2.24, 2.45) is 0 Å². The summed E-state index contributed by atoms with van der Waals surface area (Å²) in [5.74, 6) is 0.932. The smallest absolute Gasteiger partial charge is 0.333 e. The molecule has 0 heterocycles. The molecule has 0 N–H and O–H groups in total. The molecule has 0 aliphatic rings. The van der Waals surface area contributed by atoms with Gasteiger partial charge < -0.3 is 14.2 Å². The fourth-order valence-corrected chi connectivity index (χ4v) is 2.07. The molecule has 0 aliphatic carbocycles. The first-order valence-electron chi connectivity index (χ1n) is 7.94. The highest BCUT2D eigenvalue weighted by molar-refractivity contribution is 5.87. The summed E-state index contributed by atoms with van der Waals surface area (Å²) in [6.45, 7) is 5.82. The van der Waals surface area contributed by atoms with Crippen molar-refractivity contribution in [2.75, 3.05) is 13.7 Å². The first kappa shape index (κ1) is 18.3. The molecule has 0 aromatic heterocycles. The second-order valence-electron chi connectivity index (χ2n) is 5.47. The highest BCUT2D eigenvalue weighted by Gasteiger charge is 2.05. The predicted octanol–water partition coefficient (Wildman–Crippen LogP) is 4.41. The standard InChI is InChI=1S/C21H22O4/c1-16(2)21(22)24-13-7-10-17-11-12-19(20(14-17)23-3)25-15-18-8-5-4-6-9-18/h4-12,14H,1,13,15H2,2-3H3/b10-7+. The van der Waals surface area contributed by atoms with Gasteiger partial charge in [0, 0.05) is 5.57 Å². The van der Waals surface area contributed by atoms with Gasteiger partial charge in [-0.2, -0.15) is 0 Å². The maximum atomic E-state index is 11.3. The first-order valence-corrected chi connectivity index (χ1v) is 7.94. The Bertz CT molecular complexity index is 748. The van der Waals surface area contributed by atoms with Gasteiger partial charge in [-0.25, -0.2) is 4.79 Å². The van der Waals surface area contributed by atoms with Crippen molar-refractivity contribution in [1.82, 2.24) is 0 Å². The maximum Gasteiger partial charge on any atom is 0.333 e. The minimum Gasteiger partial charge on any atom is -0.493 e. The monoisotopic (exact) mass is 338 g/mol. The van der Waals surface area contributed by atoms with E-state index in [0.717, 1.165) is 11.1 Å². The molecule has 0 radical (unpaired) electrons. The van der Waals surface area contributed by atoms with Gasteiger partial charge in [0.25, 0.3) is 0 Å². The Morgan fingerprint density at radius 2 is 1.88 bits per heavy atom. The van der Waals surface area contributed by atoms with Crippen molar-refractivity contribution in [3.05, 3.63) is 77.9 Å². The van der Waals surface area contributed by atoms with Crippen molar-refractivity contribution < 1.29 is 19.0 Å². The molecule has 0 fully saturated rings. The van der Waals surface area contributed by atoms with Crippen molar-refractivity contribution >= 4 is 12.0 Å². The third kappa shape index (κ3) is 5.84. The van der Waals surface area contributed by atoms with E-state index < -0.39 is 5.97 Å². The lowest BCUT2D eigenvalue weighted by atomic mass is 10.2. The summed E-state index contributed by atoms with van der Waals surface area (Å²) in [5.41, 5.74) is 2.40. The van der Waals surface area contributed by atoms with Gasteiger partial charge in [-0.3, -0.25) is 0 Å². The molecule has 2 aromatic carbocycles. The molecule has 2 aromatic rings. The number of carbonyl (C=O) groups excluding carboxylic acids is 1. The van der Waals surface area contributed by atoms with Gasteiger partial charge in [0.15, 0.2) is 11.5 Å². The summed E-state index contributed by atoms with van der Waals surface area (Å²) >= 11 is 0. The summed E-state index contributed by atoms with van der Waals surface area (Å²) in [4.78, 5) is 11.3. The first-order chi connectivity index (χ1) is 12.1. The van der Waals surface area contributed by atoms with Gasteiger partial charge in [0.05, 0.1) is 7.11 Å². The van der Waals surface area contributed by atoms with Crippen LogP contribution in [0.3, 0.4) is 0 Å². The van der Waals surface area contributed by atoms with Crippen LogP contribution in [-0.4, -0.2) is 19.7 Å². The minimum absolute atomic E-state index is 0.195. The van der Waals surface area contributed by atoms with Crippen LogP contribution in [0.25, 0.3) is 6.08 Å². The molecule has 0 spiro atoms. The second-order valence-corrected chi connectivity index (χ2v) is 5.47. The molecule has 25 heavy (non-hydrogen) atoms. The Labute approximate surface area is 148 Å². The number of benzene rings is 2. The second kappa shape index (κ2) is 9.33. The van der Waals surface area contributed by atoms with Crippen molar-refractivity contribution in [3.63, 3.8) is 0 Å². The van der Waals surface area contributed by atoms with E-state index in [0.29, 0.717) is 23.7 Å². The van der Waals surface area contributed by atoms with E-state index in [4.69, 9.17) is 14.2 Å². The number of carbonyl (C=O) groups is 1. The summed E-state index contributed by atoms with van der Waals surface area (Å²) in [6.07, 6.45) is 3.62. The molecule has 0 amide bonds. The van der Waals surface area contributed by atoms with E-state index in [1.165, 1.54) is 0 Å². The Morgan fingerprint density at radius 1 is 1.12 bits per heavy atom. The summed E-state index contributed by atoms with van der Waals surface area (Å²) in [7, 11) is 1.60. The lowest BCUT2D eigenvalue weighted by Crippen LogP contribution is -2.04. The molecule has 2 rings (SSSR count). The highest BCUT2D eigenvalue weighted by Crippen LogP contribution is 2.29. The largest absolute Gasteiger partial charge is 0.493 e. The number of methoxy groups -OCH3 is 1. The summed E-state index contributed by atoms with van der Waals surface area (Å²) < 4.78 is 16.2. The lowest BCUT2D eigenvalue weighted by Gasteiger charge is -2.11. The van der Waals surface area contributed by atoms with Crippen LogP contribution in [0.4, 0.5) is 0 Å². The average Bonchev–Trinajstić information content (AvgIpc) is 2.64. The third-order valence-electron chi connectivity index (χ3n) is 3.39. The van der Waals surface area contributed by atoms with E-state index in [-0.39, 0.29) is 6.61 Å². The third-order valence-corrected chi connectivity index (χ3v) is 3.39. The van der Waals surface area contributed by atoms with Gasteiger partial charge in [-0.1, -0.05) is 49.1 Å². The molecule has 4 nitrogen and oxygen atoms in total. The molecule has 0 unspecified atom stereocenters. The SMILES string of the molecule is C=C(C)C(=O)OC/C=C/c1ccc(OCc2ccccc2)c(OC)c1. The average molecular weight is 338 g/mol. The molecule has 0 bridgehead atoms. The summed E-state index contributed by atoms with van der Waals surface area (Å²) in [6, 6.07) is 15.6. The zero-order chi connectivity index (χ0) is 18.1. The molecular weight excluding hydrogens is 316 g/mol. The fourth-order valence-electron chi connectivity index (χ4n) is 2.07. The van der Waals surface area contributed by atoms with Crippen LogP contribution in [0.2, 0.25) is 0 Å². The molecule has 0 atom stereocenters. The zero-order valence-electron chi connectivity index (χ0n) is 14.5.